The van der Waals surface area contributed by atoms with E-state index in [2.05, 4.69) is 0 Å². The van der Waals surface area contributed by atoms with Crippen molar-refractivity contribution >= 4 is 5.78 Å². The SMILES string of the molecule is N#CC(O)C(=O)C(O)C#N. The number of ketones is 1. The van der Waals surface area contributed by atoms with Crippen molar-refractivity contribution in [2.45, 2.75) is 12.2 Å². The molecule has 0 fully saturated rings. The van der Waals surface area contributed by atoms with Gasteiger partial charge < -0.3 is 10.2 Å². The van der Waals surface area contributed by atoms with Crippen molar-refractivity contribution in [2.24, 2.45) is 0 Å². The average Bonchev–Trinajstić information content (AvgIpc) is 2.00. The first-order chi connectivity index (χ1) is 4.63. The van der Waals surface area contributed by atoms with Crippen molar-refractivity contribution in [1.29, 1.82) is 10.5 Å². The third kappa shape index (κ3) is 1.82. The molecule has 0 radical (unpaired) electrons. The van der Waals surface area contributed by atoms with Gasteiger partial charge in [0.05, 0.1) is 0 Å². The van der Waals surface area contributed by atoms with E-state index in [0.29, 0.717) is 0 Å². The molecule has 0 aliphatic carbocycles. The van der Waals surface area contributed by atoms with Crippen molar-refractivity contribution in [3.05, 3.63) is 0 Å². The number of carbonyl (C=O) groups excluding carboxylic acids is 1. The van der Waals surface area contributed by atoms with Gasteiger partial charge in [0.2, 0.25) is 18.0 Å². The molecule has 0 rings (SSSR count). The molecule has 5 nitrogen and oxygen atoms in total. The first kappa shape index (κ1) is 8.57. The molecule has 0 saturated heterocycles. The van der Waals surface area contributed by atoms with E-state index in [9.17, 15) is 4.79 Å². The Labute approximate surface area is 56.7 Å². The summed E-state index contributed by atoms with van der Waals surface area (Å²) in [7, 11) is 0. The van der Waals surface area contributed by atoms with Crippen LogP contribution in [0.4, 0.5) is 0 Å². The number of carbonyl (C=O) groups is 1. The fourth-order valence-corrected chi connectivity index (χ4v) is 0.277. The lowest BCUT2D eigenvalue weighted by atomic mass is 10.2. The maximum atomic E-state index is 10.4. The Morgan fingerprint density at radius 1 is 1.20 bits per heavy atom. The minimum Gasteiger partial charge on any atom is -0.371 e. The molecule has 0 saturated carbocycles. The second kappa shape index (κ2) is 3.57. The topological polar surface area (TPSA) is 105 Å². The van der Waals surface area contributed by atoms with Crippen LogP contribution in [0.25, 0.3) is 0 Å². The van der Waals surface area contributed by atoms with E-state index in [-0.39, 0.29) is 0 Å². The zero-order valence-corrected chi connectivity index (χ0v) is 4.85. The Morgan fingerprint density at radius 3 is 1.70 bits per heavy atom. The molecule has 0 aliphatic heterocycles. The lowest BCUT2D eigenvalue weighted by molar-refractivity contribution is -0.130. The first-order valence-electron chi connectivity index (χ1n) is 2.32. The molecule has 0 spiro atoms. The van der Waals surface area contributed by atoms with Gasteiger partial charge in [-0.3, -0.25) is 4.79 Å². The summed E-state index contributed by atoms with van der Waals surface area (Å²) in [6.45, 7) is 0. The molecule has 2 N–H and O–H groups in total. The first-order valence-corrected chi connectivity index (χ1v) is 2.32. The number of Topliss-reactive ketones (excluding diaryl/α,β-unsaturated/α-hetero) is 1. The molecule has 0 bridgehead atoms. The number of aliphatic hydroxyl groups excluding tert-OH is 2. The van der Waals surface area contributed by atoms with Crippen LogP contribution in [-0.4, -0.2) is 28.2 Å². The normalized spacial score (nSPS) is 14.4. The van der Waals surface area contributed by atoms with Crippen LogP contribution in [0, 0.1) is 22.7 Å². The standard InChI is InChI=1S/C5H4N2O3/c6-1-3(8)5(10)4(9)2-7/h3-4,8-9H. The molecule has 2 atom stereocenters. The summed E-state index contributed by atoms with van der Waals surface area (Å²) in [6, 6.07) is 2.35. The highest BCUT2D eigenvalue weighted by molar-refractivity contribution is 5.91. The molecule has 0 aromatic carbocycles. The second-order valence-corrected chi connectivity index (χ2v) is 1.47. The lowest BCUT2D eigenvalue weighted by Crippen LogP contribution is -2.29. The van der Waals surface area contributed by atoms with Gasteiger partial charge in [-0.15, -0.1) is 0 Å². The lowest BCUT2D eigenvalue weighted by Gasteiger charge is -1.99. The van der Waals surface area contributed by atoms with Gasteiger partial charge in [0, 0.05) is 0 Å². The minimum absolute atomic E-state index is 1.17. The Morgan fingerprint density at radius 2 is 1.50 bits per heavy atom. The summed E-state index contributed by atoms with van der Waals surface area (Å²) in [6.07, 6.45) is -3.82. The van der Waals surface area contributed by atoms with E-state index in [1.807, 2.05) is 0 Å². The summed E-state index contributed by atoms with van der Waals surface area (Å²) in [5, 5.41) is 32.6. The third-order valence-electron chi connectivity index (χ3n) is 0.784. The largest absolute Gasteiger partial charge is 0.371 e. The zero-order chi connectivity index (χ0) is 8.15. The number of nitriles is 2. The molecule has 10 heavy (non-hydrogen) atoms. The Kier molecular flexibility index (Phi) is 3.06. The van der Waals surface area contributed by atoms with Crippen LogP contribution >= 0.6 is 0 Å². The second-order valence-electron chi connectivity index (χ2n) is 1.47. The van der Waals surface area contributed by atoms with Crippen LogP contribution in [0.3, 0.4) is 0 Å². The minimum atomic E-state index is -1.91. The van der Waals surface area contributed by atoms with E-state index >= 15 is 0 Å². The molecule has 0 heterocycles. The van der Waals surface area contributed by atoms with E-state index in [4.69, 9.17) is 20.7 Å². The third-order valence-corrected chi connectivity index (χ3v) is 0.784. The van der Waals surface area contributed by atoms with Crippen molar-refractivity contribution in [3.8, 4) is 12.1 Å². The van der Waals surface area contributed by atoms with E-state index < -0.39 is 18.0 Å². The highest BCUT2D eigenvalue weighted by Crippen LogP contribution is 1.89. The van der Waals surface area contributed by atoms with Crippen LogP contribution in [0.1, 0.15) is 0 Å². The molecule has 5 heteroatoms. The Bertz CT molecular complexity index is 190. The number of rotatable bonds is 2. The van der Waals surface area contributed by atoms with Crippen LogP contribution in [0.5, 0.6) is 0 Å². The summed E-state index contributed by atoms with van der Waals surface area (Å²) in [5.41, 5.74) is 0. The molecule has 0 aromatic heterocycles. The van der Waals surface area contributed by atoms with Gasteiger partial charge in [0.25, 0.3) is 0 Å². The smallest absolute Gasteiger partial charge is 0.218 e. The van der Waals surface area contributed by atoms with Gasteiger partial charge >= 0.3 is 0 Å². The summed E-state index contributed by atoms with van der Waals surface area (Å²) in [4.78, 5) is 10.4. The zero-order valence-electron chi connectivity index (χ0n) is 4.85. The maximum Gasteiger partial charge on any atom is 0.218 e. The molecular weight excluding hydrogens is 136 g/mol. The maximum absolute atomic E-state index is 10.4. The van der Waals surface area contributed by atoms with Crippen LogP contribution in [0.2, 0.25) is 0 Å². The van der Waals surface area contributed by atoms with Gasteiger partial charge in [-0.05, 0) is 0 Å². The molecular formula is C5H4N2O3. The van der Waals surface area contributed by atoms with Crippen LogP contribution < -0.4 is 0 Å². The van der Waals surface area contributed by atoms with Gasteiger partial charge in [0.15, 0.2) is 0 Å². The van der Waals surface area contributed by atoms with E-state index in [0.717, 1.165) is 0 Å². The Balaban J connectivity index is 4.15. The predicted octanol–water partition coefficient (Wildman–Crippen LogP) is -1.68. The van der Waals surface area contributed by atoms with Crippen molar-refractivity contribution in [2.75, 3.05) is 0 Å². The summed E-state index contributed by atoms with van der Waals surface area (Å²) < 4.78 is 0. The Hall–Kier alpha value is -1.43. The summed E-state index contributed by atoms with van der Waals surface area (Å²) in [5.74, 6) is -1.19. The molecule has 0 aromatic rings. The fraction of sp³-hybridized carbons (Fsp3) is 0.400. The molecule has 2 unspecified atom stereocenters. The van der Waals surface area contributed by atoms with Crippen LogP contribution in [-0.2, 0) is 4.79 Å². The highest BCUT2D eigenvalue weighted by Gasteiger charge is 2.22. The quantitative estimate of drug-likeness (QED) is 0.446. The summed E-state index contributed by atoms with van der Waals surface area (Å²) >= 11 is 0. The van der Waals surface area contributed by atoms with Gasteiger partial charge in [0.1, 0.15) is 12.1 Å². The molecule has 0 amide bonds. The van der Waals surface area contributed by atoms with Crippen molar-refractivity contribution < 1.29 is 15.0 Å². The highest BCUT2D eigenvalue weighted by atomic mass is 16.3. The number of nitrogens with zero attached hydrogens (tertiary/aromatic N) is 2. The van der Waals surface area contributed by atoms with Crippen molar-refractivity contribution in [3.63, 3.8) is 0 Å². The van der Waals surface area contributed by atoms with Gasteiger partial charge in [-0.2, -0.15) is 10.5 Å². The van der Waals surface area contributed by atoms with E-state index in [1.165, 1.54) is 12.1 Å². The van der Waals surface area contributed by atoms with Crippen LogP contribution in [0.15, 0.2) is 0 Å². The van der Waals surface area contributed by atoms with E-state index in [1.54, 1.807) is 0 Å². The fourth-order valence-electron chi connectivity index (χ4n) is 0.277. The molecule has 52 valence electrons. The monoisotopic (exact) mass is 140 g/mol. The van der Waals surface area contributed by atoms with Gasteiger partial charge in [-0.1, -0.05) is 0 Å². The number of hydrogen-bond acceptors (Lipinski definition) is 5. The van der Waals surface area contributed by atoms with Gasteiger partial charge in [-0.25, -0.2) is 0 Å². The average molecular weight is 140 g/mol. The van der Waals surface area contributed by atoms with Crippen molar-refractivity contribution in [1.82, 2.24) is 0 Å². The number of aliphatic hydroxyl groups is 2. The molecule has 0 aliphatic rings. The predicted molar refractivity (Wildman–Crippen MR) is 28.2 cm³/mol. The number of hydrogen-bond donors (Lipinski definition) is 2.